The summed E-state index contributed by atoms with van der Waals surface area (Å²) in [6, 6.07) is 1.79. The van der Waals surface area contributed by atoms with Crippen LogP contribution in [0.3, 0.4) is 0 Å². The number of carbonyl (C=O) groups excluding carboxylic acids is 1. The average Bonchev–Trinajstić information content (AvgIpc) is 2.39. The summed E-state index contributed by atoms with van der Waals surface area (Å²) in [5.74, 6) is -1.18. The third-order valence-electron chi connectivity index (χ3n) is 2.83. The highest BCUT2D eigenvalue weighted by atomic mass is 35.5. The highest BCUT2D eigenvalue weighted by molar-refractivity contribution is 7.89. The molecule has 118 valence electrons. The van der Waals surface area contributed by atoms with Gasteiger partial charge in [-0.1, -0.05) is 18.5 Å². The molecule has 0 fully saturated rings. The highest BCUT2D eigenvalue weighted by Crippen LogP contribution is 2.28. The van der Waals surface area contributed by atoms with E-state index in [1.165, 1.54) is 19.0 Å². The van der Waals surface area contributed by atoms with Crippen LogP contribution in [0.1, 0.15) is 6.92 Å². The van der Waals surface area contributed by atoms with Gasteiger partial charge in [0.15, 0.2) is 0 Å². The summed E-state index contributed by atoms with van der Waals surface area (Å²) in [5.41, 5.74) is 5.06. The second-order valence-electron chi connectivity index (χ2n) is 4.52. The van der Waals surface area contributed by atoms with Crippen molar-refractivity contribution in [3.8, 4) is 0 Å². The summed E-state index contributed by atoms with van der Waals surface area (Å²) >= 11 is 5.79. The van der Waals surface area contributed by atoms with Crippen molar-refractivity contribution in [3.63, 3.8) is 0 Å². The summed E-state index contributed by atoms with van der Waals surface area (Å²) in [4.78, 5) is 12.7. The van der Waals surface area contributed by atoms with E-state index < -0.39 is 15.8 Å². The number of hydrogen-bond donors (Lipinski definition) is 1. The predicted molar refractivity (Wildman–Crippen MR) is 78.9 cm³/mol. The van der Waals surface area contributed by atoms with E-state index in [-0.39, 0.29) is 34.6 Å². The summed E-state index contributed by atoms with van der Waals surface area (Å²) in [6.07, 6.45) is 0. The zero-order chi connectivity index (χ0) is 16.4. The lowest BCUT2D eigenvalue weighted by atomic mass is 10.3. The Balaban J connectivity index is 3.25. The molecule has 0 bridgehead atoms. The van der Waals surface area contributed by atoms with Crippen LogP contribution in [0.25, 0.3) is 0 Å². The second-order valence-corrected chi connectivity index (χ2v) is 6.84. The molecule has 2 N–H and O–H groups in total. The molecule has 6 nitrogen and oxygen atoms in total. The number of nitrogen functional groups attached to an aromatic ring is 1. The van der Waals surface area contributed by atoms with Gasteiger partial charge in [-0.2, -0.15) is 4.31 Å². The Hall–Kier alpha value is -1.38. The number of anilines is 1. The maximum atomic E-state index is 13.3. The number of likely N-dealkylation sites (N-methyl/N-ethyl adjacent to an activating group) is 2. The lowest BCUT2D eigenvalue weighted by molar-refractivity contribution is -0.128. The van der Waals surface area contributed by atoms with Gasteiger partial charge < -0.3 is 10.6 Å². The Morgan fingerprint density at radius 2 is 1.95 bits per heavy atom. The molecule has 0 spiro atoms. The van der Waals surface area contributed by atoms with E-state index in [0.717, 1.165) is 16.4 Å². The number of nitrogens with two attached hydrogens (primary N) is 1. The number of carbonyl (C=O) groups is 1. The van der Waals surface area contributed by atoms with E-state index in [1.54, 1.807) is 6.92 Å². The van der Waals surface area contributed by atoms with Crippen molar-refractivity contribution >= 4 is 33.2 Å². The van der Waals surface area contributed by atoms with Crippen LogP contribution in [0.15, 0.2) is 17.0 Å². The van der Waals surface area contributed by atoms with Crippen molar-refractivity contribution in [2.75, 3.05) is 32.9 Å². The molecule has 0 heterocycles. The minimum absolute atomic E-state index is 0.0650. The highest BCUT2D eigenvalue weighted by Gasteiger charge is 2.28. The molecule has 0 aliphatic rings. The van der Waals surface area contributed by atoms with Crippen LogP contribution >= 0.6 is 11.6 Å². The number of nitrogens with zero attached hydrogens (tertiary/aromatic N) is 2. The quantitative estimate of drug-likeness (QED) is 0.817. The van der Waals surface area contributed by atoms with Crippen LogP contribution in [-0.2, 0) is 14.8 Å². The lowest BCUT2D eigenvalue weighted by Gasteiger charge is -2.22. The summed E-state index contributed by atoms with van der Waals surface area (Å²) in [5, 5.41) is -0.280. The third-order valence-corrected chi connectivity index (χ3v) is 5.22. The van der Waals surface area contributed by atoms with Crippen LogP contribution in [0.2, 0.25) is 5.02 Å². The molecule has 0 aliphatic carbocycles. The fraction of sp³-hybridized carbons (Fsp3) is 0.417. The molecule has 1 rings (SSSR count). The SMILES string of the molecule is CCN(CC(=O)N(C)C)S(=O)(=O)c1cc(N)c(F)cc1Cl. The molecule has 0 radical (unpaired) electrons. The standard InChI is InChI=1S/C12H17ClFN3O3S/c1-4-17(7-12(18)16(2)3)21(19,20)11-6-10(15)9(14)5-8(11)13/h5-6H,4,7,15H2,1-3H3. The van der Waals surface area contributed by atoms with Gasteiger partial charge in [-0.25, -0.2) is 12.8 Å². The summed E-state index contributed by atoms with van der Waals surface area (Å²) in [6.45, 7) is 1.32. The van der Waals surface area contributed by atoms with Gasteiger partial charge in [-0.15, -0.1) is 0 Å². The number of sulfonamides is 1. The molecule has 0 saturated carbocycles. The van der Waals surface area contributed by atoms with Crippen molar-refractivity contribution in [1.29, 1.82) is 0 Å². The van der Waals surface area contributed by atoms with Crippen molar-refractivity contribution in [2.45, 2.75) is 11.8 Å². The normalized spacial score (nSPS) is 11.7. The van der Waals surface area contributed by atoms with E-state index in [4.69, 9.17) is 17.3 Å². The average molecular weight is 338 g/mol. The molecular weight excluding hydrogens is 321 g/mol. The zero-order valence-electron chi connectivity index (χ0n) is 11.9. The Kier molecular flexibility index (Phi) is 5.54. The second kappa shape index (κ2) is 6.59. The minimum Gasteiger partial charge on any atom is -0.396 e. The first-order valence-corrected chi connectivity index (χ1v) is 7.87. The minimum atomic E-state index is -4.04. The number of halogens is 2. The molecular formula is C12H17ClFN3O3S. The predicted octanol–water partition coefficient (Wildman–Crippen LogP) is 1.16. The van der Waals surface area contributed by atoms with Gasteiger partial charge in [0.05, 0.1) is 17.3 Å². The van der Waals surface area contributed by atoms with Gasteiger partial charge in [0.25, 0.3) is 0 Å². The number of benzene rings is 1. The zero-order valence-corrected chi connectivity index (χ0v) is 13.5. The van der Waals surface area contributed by atoms with Gasteiger partial charge in [0, 0.05) is 20.6 Å². The van der Waals surface area contributed by atoms with Gasteiger partial charge in [-0.3, -0.25) is 4.79 Å². The van der Waals surface area contributed by atoms with Crippen LogP contribution in [-0.4, -0.2) is 50.7 Å². The summed E-state index contributed by atoms with van der Waals surface area (Å²) < 4.78 is 39.2. The van der Waals surface area contributed by atoms with E-state index in [2.05, 4.69) is 0 Å². The van der Waals surface area contributed by atoms with E-state index >= 15 is 0 Å². The Morgan fingerprint density at radius 3 is 2.43 bits per heavy atom. The first-order chi connectivity index (χ1) is 9.61. The Bertz CT molecular complexity index is 649. The molecule has 1 amide bonds. The van der Waals surface area contributed by atoms with Gasteiger partial charge in [0.1, 0.15) is 10.7 Å². The molecule has 9 heteroatoms. The third kappa shape index (κ3) is 3.84. The molecule has 0 saturated heterocycles. The maximum absolute atomic E-state index is 13.3. The monoisotopic (exact) mass is 337 g/mol. The molecule has 0 atom stereocenters. The van der Waals surface area contributed by atoms with Gasteiger partial charge in [-0.05, 0) is 12.1 Å². The number of rotatable bonds is 5. The van der Waals surface area contributed by atoms with Crippen LogP contribution < -0.4 is 5.73 Å². The van der Waals surface area contributed by atoms with Crippen molar-refractivity contribution in [1.82, 2.24) is 9.21 Å². The largest absolute Gasteiger partial charge is 0.396 e. The first kappa shape index (κ1) is 17.7. The molecule has 0 aliphatic heterocycles. The van der Waals surface area contributed by atoms with E-state index in [9.17, 15) is 17.6 Å². The molecule has 1 aromatic rings. The first-order valence-electron chi connectivity index (χ1n) is 6.06. The topological polar surface area (TPSA) is 83.7 Å². The van der Waals surface area contributed by atoms with Crippen molar-refractivity contribution < 1.29 is 17.6 Å². The lowest BCUT2D eigenvalue weighted by Crippen LogP contribution is -2.40. The smallest absolute Gasteiger partial charge is 0.245 e. The molecule has 0 aromatic heterocycles. The van der Waals surface area contributed by atoms with Crippen LogP contribution in [0.4, 0.5) is 10.1 Å². The molecule has 0 unspecified atom stereocenters. The van der Waals surface area contributed by atoms with Gasteiger partial charge >= 0.3 is 0 Å². The van der Waals surface area contributed by atoms with Gasteiger partial charge in [0.2, 0.25) is 15.9 Å². The molecule has 1 aromatic carbocycles. The number of hydrogen-bond acceptors (Lipinski definition) is 4. The molecule has 21 heavy (non-hydrogen) atoms. The van der Waals surface area contributed by atoms with Crippen molar-refractivity contribution in [2.24, 2.45) is 0 Å². The fourth-order valence-corrected chi connectivity index (χ4v) is 3.46. The van der Waals surface area contributed by atoms with E-state index in [0.29, 0.717) is 0 Å². The summed E-state index contributed by atoms with van der Waals surface area (Å²) in [7, 11) is -1.00. The van der Waals surface area contributed by atoms with Crippen LogP contribution in [0.5, 0.6) is 0 Å². The Morgan fingerprint density at radius 1 is 1.38 bits per heavy atom. The fourth-order valence-electron chi connectivity index (χ4n) is 1.54. The number of amides is 1. The maximum Gasteiger partial charge on any atom is 0.245 e. The van der Waals surface area contributed by atoms with Crippen molar-refractivity contribution in [3.05, 3.63) is 23.0 Å². The van der Waals surface area contributed by atoms with E-state index in [1.807, 2.05) is 0 Å². The Labute approximate surface area is 128 Å². The van der Waals surface area contributed by atoms with Crippen LogP contribution in [0, 0.1) is 5.82 Å².